The van der Waals surface area contributed by atoms with Crippen LogP contribution in [-0.2, 0) is 12.8 Å². The van der Waals surface area contributed by atoms with Crippen LogP contribution in [0.15, 0.2) is 0 Å². The molecular formula is C8H12N4OS. The molecule has 14 heavy (non-hydrogen) atoms. The Kier molecular flexibility index (Phi) is 2.39. The highest BCUT2D eigenvalue weighted by Gasteiger charge is 2.20. The highest BCUT2D eigenvalue weighted by Crippen LogP contribution is 2.28. The summed E-state index contributed by atoms with van der Waals surface area (Å²) in [4.78, 5) is 16.0. The van der Waals surface area contributed by atoms with E-state index in [1.54, 1.807) is 0 Å². The maximum absolute atomic E-state index is 10.6. The van der Waals surface area contributed by atoms with Gasteiger partial charge in [0.05, 0.1) is 5.69 Å². The van der Waals surface area contributed by atoms with Crippen molar-refractivity contribution < 1.29 is 4.79 Å². The molecule has 0 spiro atoms. The first-order valence-electron chi connectivity index (χ1n) is 4.46. The van der Waals surface area contributed by atoms with Gasteiger partial charge in [0.1, 0.15) is 0 Å². The Morgan fingerprint density at radius 3 is 3.14 bits per heavy atom. The predicted molar refractivity (Wildman–Crippen MR) is 55.3 cm³/mol. The number of fused-ring (bicyclic) bond motifs is 1. The van der Waals surface area contributed by atoms with Gasteiger partial charge in [0.15, 0.2) is 5.13 Å². The number of rotatable bonds is 1. The number of hydrogen-bond donors (Lipinski definition) is 3. The van der Waals surface area contributed by atoms with E-state index in [0.29, 0.717) is 5.13 Å². The molecule has 0 aromatic carbocycles. The van der Waals surface area contributed by atoms with Gasteiger partial charge in [-0.3, -0.25) is 5.32 Å². The number of nitrogens with one attached hydrogen (secondary N) is 1. The third-order valence-electron chi connectivity index (χ3n) is 2.21. The lowest BCUT2D eigenvalue weighted by atomic mass is 9.99. The molecule has 1 aliphatic carbocycles. The number of carbonyl (C=O) groups excluding carboxylic acids is 1. The third-order valence-corrected chi connectivity index (χ3v) is 3.24. The summed E-state index contributed by atoms with van der Waals surface area (Å²) in [6.07, 6.45) is 2.72. The highest BCUT2D eigenvalue weighted by molar-refractivity contribution is 7.15. The molecule has 1 aromatic heterocycles. The number of nitrogens with two attached hydrogens (primary N) is 2. The van der Waals surface area contributed by atoms with Crippen LogP contribution in [0.1, 0.15) is 17.0 Å². The molecule has 76 valence electrons. The van der Waals surface area contributed by atoms with Gasteiger partial charge < -0.3 is 11.5 Å². The largest absolute Gasteiger partial charge is 0.351 e. The molecule has 6 heteroatoms. The third kappa shape index (κ3) is 1.85. The Labute approximate surface area is 85.5 Å². The second-order valence-corrected chi connectivity index (χ2v) is 4.46. The van der Waals surface area contributed by atoms with E-state index in [9.17, 15) is 4.79 Å². The fraction of sp³-hybridized carbons (Fsp3) is 0.500. The molecule has 2 amide bonds. The van der Waals surface area contributed by atoms with E-state index < -0.39 is 6.03 Å². The van der Waals surface area contributed by atoms with Crippen molar-refractivity contribution in [1.29, 1.82) is 0 Å². The van der Waals surface area contributed by atoms with Gasteiger partial charge in [-0.25, -0.2) is 9.78 Å². The number of anilines is 1. The summed E-state index contributed by atoms with van der Waals surface area (Å²) in [5, 5.41) is 3.06. The fourth-order valence-electron chi connectivity index (χ4n) is 1.56. The average Bonchev–Trinajstić information content (AvgIpc) is 2.44. The van der Waals surface area contributed by atoms with Crippen LogP contribution in [0.5, 0.6) is 0 Å². The summed E-state index contributed by atoms with van der Waals surface area (Å²) < 4.78 is 0. The summed E-state index contributed by atoms with van der Waals surface area (Å²) in [5.41, 5.74) is 11.9. The van der Waals surface area contributed by atoms with Crippen molar-refractivity contribution in [2.75, 3.05) is 5.32 Å². The Bertz CT molecular complexity index is 362. The van der Waals surface area contributed by atoms with Crippen LogP contribution in [0, 0.1) is 0 Å². The van der Waals surface area contributed by atoms with Crippen molar-refractivity contribution >= 4 is 22.5 Å². The van der Waals surface area contributed by atoms with Crippen LogP contribution in [0.25, 0.3) is 0 Å². The Morgan fingerprint density at radius 2 is 2.43 bits per heavy atom. The smallest absolute Gasteiger partial charge is 0.318 e. The highest BCUT2D eigenvalue weighted by atomic mass is 32.1. The number of carbonyl (C=O) groups is 1. The predicted octanol–water partition coefficient (Wildman–Crippen LogP) is 0.450. The maximum atomic E-state index is 10.6. The van der Waals surface area contributed by atoms with Crippen molar-refractivity contribution in [1.82, 2.24) is 4.98 Å². The number of aromatic nitrogens is 1. The molecule has 1 aliphatic rings. The van der Waals surface area contributed by atoms with E-state index in [0.717, 1.165) is 25.0 Å². The minimum atomic E-state index is -0.569. The minimum absolute atomic E-state index is 0.226. The van der Waals surface area contributed by atoms with E-state index in [4.69, 9.17) is 11.5 Å². The first kappa shape index (κ1) is 9.42. The number of aryl methyl sites for hydroxylation is 1. The summed E-state index contributed by atoms with van der Waals surface area (Å²) >= 11 is 1.46. The number of nitrogens with zero attached hydrogens (tertiary/aromatic N) is 1. The molecule has 0 bridgehead atoms. The Morgan fingerprint density at radius 1 is 1.64 bits per heavy atom. The average molecular weight is 212 g/mol. The minimum Gasteiger partial charge on any atom is -0.351 e. The molecule has 0 fully saturated rings. The van der Waals surface area contributed by atoms with Crippen LogP contribution in [0.4, 0.5) is 9.93 Å². The molecule has 2 rings (SSSR count). The summed E-state index contributed by atoms with van der Waals surface area (Å²) in [6, 6.07) is -0.343. The lowest BCUT2D eigenvalue weighted by molar-refractivity contribution is 0.259. The summed E-state index contributed by atoms with van der Waals surface area (Å²) in [6.45, 7) is 0. The molecule has 0 radical (unpaired) electrons. The monoisotopic (exact) mass is 212 g/mol. The number of hydrogen-bond acceptors (Lipinski definition) is 4. The van der Waals surface area contributed by atoms with Gasteiger partial charge in [0.25, 0.3) is 0 Å². The molecule has 0 aliphatic heterocycles. The van der Waals surface area contributed by atoms with Gasteiger partial charge in [-0.1, -0.05) is 0 Å². The first-order chi connectivity index (χ1) is 6.65. The van der Waals surface area contributed by atoms with Crippen molar-refractivity contribution in [3.8, 4) is 0 Å². The molecular weight excluding hydrogens is 200 g/mol. The van der Waals surface area contributed by atoms with Crippen LogP contribution < -0.4 is 16.8 Å². The Hall–Kier alpha value is -1.14. The molecule has 0 unspecified atom stereocenters. The van der Waals surface area contributed by atoms with E-state index in [1.165, 1.54) is 16.2 Å². The van der Waals surface area contributed by atoms with E-state index in [2.05, 4.69) is 10.3 Å². The van der Waals surface area contributed by atoms with Gasteiger partial charge in [0, 0.05) is 10.9 Å². The zero-order valence-electron chi connectivity index (χ0n) is 7.62. The fourth-order valence-corrected chi connectivity index (χ4v) is 2.66. The van der Waals surface area contributed by atoms with Crippen LogP contribution in [0.3, 0.4) is 0 Å². The van der Waals surface area contributed by atoms with E-state index >= 15 is 0 Å². The molecule has 1 aromatic rings. The first-order valence-corrected chi connectivity index (χ1v) is 5.27. The Balaban J connectivity index is 2.19. The number of urea groups is 1. The SMILES string of the molecule is NC(=O)Nc1nc2c(s1)C[C@@H](N)CC2. The van der Waals surface area contributed by atoms with Crippen molar-refractivity contribution in [3.63, 3.8) is 0 Å². The molecule has 5 N–H and O–H groups in total. The van der Waals surface area contributed by atoms with Gasteiger partial charge in [-0.15, -0.1) is 11.3 Å². The quantitative estimate of drug-likeness (QED) is 0.630. The van der Waals surface area contributed by atoms with Gasteiger partial charge in [-0.05, 0) is 19.3 Å². The van der Waals surface area contributed by atoms with Crippen molar-refractivity contribution in [3.05, 3.63) is 10.6 Å². The molecule has 1 atom stereocenters. The molecule has 0 saturated carbocycles. The standard InChI is InChI=1S/C8H12N4OS/c9-4-1-2-5-6(3-4)14-8(11-5)12-7(10)13/h4H,1-3,9H2,(H3,10,11,12,13)/t4-/m0/s1. The van der Waals surface area contributed by atoms with Crippen molar-refractivity contribution in [2.45, 2.75) is 25.3 Å². The zero-order valence-corrected chi connectivity index (χ0v) is 8.43. The van der Waals surface area contributed by atoms with E-state index in [-0.39, 0.29) is 6.04 Å². The van der Waals surface area contributed by atoms with Crippen LogP contribution in [-0.4, -0.2) is 17.1 Å². The molecule has 5 nitrogen and oxygen atoms in total. The summed E-state index contributed by atoms with van der Waals surface area (Å²) in [7, 11) is 0. The van der Waals surface area contributed by atoms with Crippen LogP contribution in [0.2, 0.25) is 0 Å². The maximum Gasteiger partial charge on any atom is 0.318 e. The lowest BCUT2D eigenvalue weighted by Crippen LogP contribution is -2.27. The van der Waals surface area contributed by atoms with Gasteiger partial charge in [-0.2, -0.15) is 0 Å². The van der Waals surface area contributed by atoms with Gasteiger partial charge in [0.2, 0.25) is 0 Å². The zero-order chi connectivity index (χ0) is 10.1. The molecule has 1 heterocycles. The second-order valence-electron chi connectivity index (χ2n) is 3.38. The number of primary amides is 1. The van der Waals surface area contributed by atoms with Gasteiger partial charge >= 0.3 is 6.03 Å². The lowest BCUT2D eigenvalue weighted by Gasteiger charge is -2.15. The topological polar surface area (TPSA) is 94.0 Å². The van der Waals surface area contributed by atoms with Crippen molar-refractivity contribution in [2.24, 2.45) is 11.5 Å². The van der Waals surface area contributed by atoms with E-state index in [1.807, 2.05) is 0 Å². The number of thiazole rings is 1. The summed E-state index contributed by atoms with van der Waals surface area (Å²) in [5.74, 6) is 0. The molecule has 0 saturated heterocycles. The number of amides is 2. The second kappa shape index (κ2) is 3.55. The normalized spacial score (nSPS) is 20.2. The van der Waals surface area contributed by atoms with Crippen LogP contribution >= 0.6 is 11.3 Å².